The van der Waals surface area contributed by atoms with Crippen LogP contribution in [0.25, 0.3) is 0 Å². The molecule has 0 bridgehead atoms. The predicted octanol–water partition coefficient (Wildman–Crippen LogP) is 11.3. The Bertz CT molecular complexity index is 3680. The fourth-order valence-electron chi connectivity index (χ4n) is 12.0. The number of rotatable bonds is 40. The van der Waals surface area contributed by atoms with Gasteiger partial charge in [0.05, 0.1) is 6.54 Å². The van der Waals surface area contributed by atoms with Crippen LogP contribution in [0, 0.1) is 0 Å². The Morgan fingerprint density at radius 1 is 0.244 bits per heavy atom. The third-order valence-electron chi connectivity index (χ3n) is 19.4. The molecule has 24 nitrogen and oxygen atoms in total. The van der Waals surface area contributed by atoms with Crippen LogP contribution in [-0.4, -0.2) is 149 Å². The summed E-state index contributed by atoms with van der Waals surface area (Å²) in [6.07, 6.45) is 7.83. The number of benzene rings is 6. The lowest BCUT2D eigenvalue weighted by Gasteiger charge is -2.23. The Morgan fingerprint density at radius 3 is 0.647 bits per heavy atom. The zero-order valence-corrected chi connectivity index (χ0v) is 77.2. The molecule has 6 aromatic rings. The molecule has 0 radical (unpaired) electrons. The normalized spacial score (nSPS) is 11.6. The van der Waals surface area contributed by atoms with E-state index in [1.165, 1.54) is 61.2 Å². The van der Waals surface area contributed by atoms with Crippen molar-refractivity contribution in [2.24, 2.45) is 105 Å². The number of nitrogens with one attached hydrogen (secondary N) is 2. The minimum absolute atomic E-state index is 0.134. The first-order valence-corrected chi connectivity index (χ1v) is 43.0. The molecule has 0 saturated heterocycles. The summed E-state index contributed by atoms with van der Waals surface area (Å²) in [5.41, 5.74) is 92.8. The highest BCUT2D eigenvalue weighted by atomic mass is 15.1. The topological polar surface area (TPSA) is 460 Å². The number of hydrogen-bond donors (Lipinski definition) is 16. The summed E-state index contributed by atoms with van der Waals surface area (Å²) in [5, 5.41) is 6.76. The van der Waals surface area contributed by atoms with Crippen molar-refractivity contribution in [3.63, 3.8) is 0 Å². The lowest BCUT2D eigenvalue weighted by Crippen LogP contribution is -2.28. The molecule has 0 aliphatic carbocycles. The van der Waals surface area contributed by atoms with E-state index in [1.54, 1.807) is 0 Å². The highest BCUT2D eigenvalue weighted by Gasteiger charge is 2.19. The SMILES string of the molecule is CC(C)(C)c1ccc(CN(CCCN)CCCN)cc1.CC(C)(C)c1ccc(CN(CCCN)CCCN=C(N)N)cc1.CC(C)(C)c1ccc(CN(CCCN=C(N)N)CCCN=C(N)N)cc1.CC(C)(C)c1ccc(CN=C(N)N)cc1.CC(C)(C)c1ccc(CNCCCN)cc1.CC(C)(C)c1ccc(CNCCCN=C(N)N)cc1. The smallest absolute Gasteiger partial charge is 0.186 e. The number of aliphatic imine (C=N–C) groups is 5. The summed E-state index contributed by atoms with van der Waals surface area (Å²) in [4.78, 5) is 27.3. The number of hydrogen-bond acceptors (Lipinski definition) is 14. The van der Waals surface area contributed by atoms with Gasteiger partial charge in [-0.05, 0) is 210 Å². The molecule has 0 fully saturated rings. The van der Waals surface area contributed by atoms with Crippen LogP contribution >= 0.6 is 0 Å². The first kappa shape index (κ1) is 108. The van der Waals surface area contributed by atoms with Crippen molar-refractivity contribution in [1.29, 1.82) is 0 Å². The van der Waals surface area contributed by atoms with Crippen LogP contribution in [0.1, 0.15) is 243 Å². The minimum atomic E-state index is 0.134. The van der Waals surface area contributed by atoms with E-state index in [0.717, 1.165) is 162 Å². The Labute approximate surface area is 721 Å². The molecule has 0 amide bonds. The molecular formula is C95H168N24. The fraction of sp³-hybridized carbons (Fsp3) is 0.568. The van der Waals surface area contributed by atoms with Crippen LogP contribution in [0.15, 0.2) is 171 Å². The van der Waals surface area contributed by atoms with Crippen molar-refractivity contribution < 1.29 is 0 Å². The summed E-state index contributed by atoms with van der Waals surface area (Å²) in [6, 6.07) is 52.8. The van der Waals surface area contributed by atoms with Crippen molar-refractivity contribution in [3.8, 4) is 0 Å². The molecule has 0 saturated carbocycles. The highest BCUT2D eigenvalue weighted by molar-refractivity contribution is 5.77. The molecule has 119 heavy (non-hydrogen) atoms. The van der Waals surface area contributed by atoms with Gasteiger partial charge in [0.15, 0.2) is 29.8 Å². The van der Waals surface area contributed by atoms with Gasteiger partial charge < -0.3 is 90.9 Å². The van der Waals surface area contributed by atoms with E-state index in [1.807, 2.05) is 0 Å². The first-order valence-electron chi connectivity index (χ1n) is 43.0. The maximum absolute atomic E-state index is 5.65. The molecule has 0 aromatic heterocycles. The highest BCUT2D eigenvalue weighted by Crippen LogP contribution is 2.28. The molecule has 6 rings (SSSR count). The summed E-state index contributed by atoms with van der Waals surface area (Å²) < 4.78 is 0. The van der Waals surface area contributed by atoms with E-state index in [4.69, 9.17) is 80.3 Å². The van der Waals surface area contributed by atoms with E-state index in [-0.39, 0.29) is 62.3 Å². The van der Waals surface area contributed by atoms with E-state index in [9.17, 15) is 0 Å². The van der Waals surface area contributed by atoms with E-state index in [0.29, 0.717) is 39.3 Å². The lowest BCUT2D eigenvalue weighted by molar-refractivity contribution is 0.262. The van der Waals surface area contributed by atoms with Gasteiger partial charge in [0.25, 0.3) is 0 Å². The summed E-state index contributed by atoms with van der Waals surface area (Å²) in [6.45, 7) is 58.7. The largest absolute Gasteiger partial charge is 0.370 e. The van der Waals surface area contributed by atoms with Crippen LogP contribution in [0.2, 0.25) is 0 Å². The van der Waals surface area contributed by atoms with Crippen molar-refractivity contribution in [3.05, 3.63) is 212 Å². The fourth-order valence-corrected chi connectivity index (χ4v) is 12.0. The zero-order chi connectivity index (χ0) is 89.7. The second-order valence-corrected chi connectivity index (χ2v) is 36.8. The van der Waals surface area contributed by atoms with Crippen molar-refractivity contribution >= 4 is 29.8 Å². The third kappa shape index (κ3) is 54.3. The van der Waals surface area contributed by atoms with E-state index >= 15 is 0 Å². The molecule has 668 valence electrons. The Morgan fingerprint density at radius 2 is 0.437 bits per heavy atom. The molecule has 24 heteroatoms. The molecule has 30 N–H and O–H groups in total. The molecule has 0 aliphatic rings. The van der Waals surface area contributed by atoms with Gasteiger partial charge in [-0.25, -0.2) is 4.99 Å². The van der Waals surface area contributed by atoms with Gasteiger partial charge in [0.1, 0.15) is 0 Å². The standard InChI is InChI=1S/C19H35N7.C18H33N5.C17H31N3.C15H26N4.C14H24N2.C12H19N3/c1-19(2,3)16-8-6-15(7-9-16)14-26(12-4-10-24-17(20)21)13-5-11-25-18(22)23;1-18(2,3)16-8-6-15(7-9-16)14-23(12-4-10-19)13-5-11-22-17(20)21;1-17(2,3)16-8-6-15(7-9-16)14-20(12-4-10-18)13-5-11-19;1-15(2,3)13-7-5-12(6-8-13)11-18-9-4-10-19-14(16)17;1-14(2,3)13-7-5-12(6-8-13)11-16-10-4-9-15;1-12(2,3)10-6-4-9(5-7-10)8-15-11(13)14/h6-9H,4-5,10-14H2,1-3H3,(H4,20,21,24)(H4,22,23,25);6-9H,4-5,10-14,19H2,1-3H3,(H4,20,21,22);6-9H,4-5,10-14,18-19H2,1-3H3;5-8,18H,4,9-11H2,1-3H3,(H4,16,17,19);5-8,16H,4,9-11,15H2,1-3H3;4-7H,8H2,1-3H3,(H4,13,14,15). The van der Waals surface area contributed by atoms with Crippen molar-refractivity contribution in [1.82, 2.24) is 25.3 Å². The number of nitrogens with zero attached hydrogens (tertiary/aromatic N) is 8. The zero-order valence-electron chi connectivity index (χ0n) is 77.2. The monoisotopic (exact) mass is 1650 g/mol. The van der Waals surface area contributed by atoms with Crippen LogP contribution in [-0.2, 0) is 71.8 Å². The summed E-state index contributed by atoms with van der Waals surface area (Å²) in [7, 11) is 0. The van der Waals surface area contributed by atoms with Gasteiger partial charge in [-0.1, -0.05) is 270 Å². The predicted molar refractivity (Wildman–Crippen MR) is 515 cm³/mol. The molecule has 0 atom stereocenters. The van der Waals surface area contributed by atoms with Crippen LogP contribution in [0.4, 0.5) is 0 Å². The van der Waals surface area contributed by atoms with Gasteiger partial charge >= 0.3 is 0 Å². The van der Waals surface area contributed by atoms with Crippen LogP contribution < -0.4 is 90.9 Å². The van der Waals surface area contributed by atoms with Crippen LogP contribution in [0.3, 0.4) is 0 Å². The molecule has 0 heterocycles. The quantitative estimate of drug-likeness (QED) is 0.00965. The van der Waals surface area contributed by atoms with Gasteiger partial charge in [-0.3, -0.25) is 34.7 Å². The van der Waals surface area contributed by atoms with E-state index < -0.39 is 0 Å². The van der Waals surface area contributed by atoms with Crippen molar-refractivity contribution in [2.75, 3.05) is 105 Å². The molecule has 0 unspecified atom stereocenters. The van der Waals surface area contributed by atoms with Gasteiger partial charge in [-0.15, -0.1) is 0 Å². The maximum atomic E-state index is 5.65. The Kier molecular flexibility index (Phi) is 53.1. The van der Waals surface area contributed by atoms with Gasteiger partial charge in [0, 0.05) is 78.5 Å². The lowest BCUT2D eigenvalue weighted by atomic mass is 9.87. The average Bonchev–Trinajstić information content (AvgIpc) is 0.886. The second kappa shape index (κ2) is 58.3. The molecule has 6 aromatic carbocycles. The Balaban J connectivity index is 0.000000720. The molecular weight excluding hydrogens is 1480 g/mol. The Hall–Kier alpha value is -8.69. The first-order chi connectivity index (χ1) is 55.8. The number of guanidine groups is 5. The third-order valence-corrected chi connectivity index (χ3v) is 19.4. The van der Waals surface area contributed by atoms with Gasteiger partial charge in [0.2, 0.25) is 0 Å². The van der Waals surface area contributed by atoms with Crippen LogP contribution in [0.5, 0.6) is 0 Å². The number of nitrogens with two attached hydrogens (primary N) is 14. The minimum Gasteiger partial charge on any atom is -0.370 e. The van der Waals surface area contributed by atoms with Crippen molar-refractivity contribution in [2.45, 2.75) is 248 Å². The summed E-state index contributed by atoms with van der Waals surface area (Å²) in [5.74, 6) is 0.744. The second-order valence-electron chi connectivity index (χ2n) is 36.8. The van der Waals surface area contributed by atoms with Gasteiger partial charge in [-0.2, -0.15) is 0 Å². The molecule has 0 spiro atoms. The maximum Gasteiger partial charge on any atom is 0.186 e. The molecule has 0 aliphatic heterocycles. The average molecular weight is 1650 g/mol. The summed E-state index contributed by atoms with van der Waals surface area (Å²) >= 11 is 0. The van der Waals surface area contributed by atoms with E-state index in [2.05, 4.69) is 321 Å².